The molecule has 2 aromatic rings. The maximum atomic E-state index is 12.7. The van der Waals surface area contributed by atoms with Crippen LogP contribution in [0.4, 0.5) is 0 Å². The third-order valence-electron chi connectivity index (χ3n) is 4.18. The number of hydrogen-bond donors (Lipinski definition) is 1. The van der Waals surface area contributed by atoms with Crippen molar-refractivity contribution in [1.82, 2.24) is 10.2 Å². The van der Waals surface area contributed by atoms with Gasteiger partial charge in [0.25, 0.3) is 11.8 Å². The third kappa shape index (κ3) is 4.52. The number of benzene rings is 1. The van der Waals surface area contributed by atoms with Gasteiger partial charge < -0.3 is 15.0 Å². The molecule has 2 amide bonds. The second-order valence-corrected chi connectivity index (χ2v) is 8.22. The quantitative estimate of drug-likeness (QED) is 0.794. The Morgan fingerprint density at radius 2 is 1.85 bits per heavy atom. The average Bonchev–Trinajstić information content (AvgIpc) is 3.05. The number of morpholine rings is 1. The summed E-state index contributed by atoms with van der Waals surface area (Å²) in [5, 5.41) is 4.76. The fourth-order valence-corrected chi connectivity index (χ4v) is 4.48. The summed E-state index contributed by atoms with van der Waals surface area (Å²) in [5.41, 5.74) is 1.61. The van der Waals surface area contributed by atoms with Gasteiger partial charge in [-0.3, -0.25) is 9.59 Å². The summed E-state index contributed by atoms with van der Waals surface area (Å²) >= 11 is 4.76. The van der Waals surface area contributed by atoms with E-state index in [0.29, 0.717) is 30.1 Å². The molecule has 138 valence electrons. The number of halogens is 1. The molecule has 1 saturated heterocycles. The summed E-state index contributed by atoms with van der Waals surface area (Å²) in [4.78, 5) is 27.3. The minimum atomic E-state index is -0.108. The molecule has 0 saturated carbocycles. The van der Waals surface area contributed by atoms with Gasteiger partial charge in [0.05, 0.1) is 12.2 Å². The summed E-state index contributed by atoms with van der Waals surface area (Å²) < 4.78 is 6.48. The second-order valence-electron chi connectivity index (χ2n) is 6.44. The van der Waals surface area contributed by atoms with Crippen LogP contribution in [-0.4, -0.2) is 42.0 Å². The Hall–Kier alpha value is -1.70. The lowest BCUT2D eigenvalue weighted by atomic mass is 10.1. The number of ether oxygens (including phenoxy) is 1. The predicted octanol–water partition coefficient (Wildman–Crippen LogP) is 3.69. The van der Waals surface area contributed by atoms with Crippen LogP contribution in [0.2, 0.25) is 0 Å². The first-order valence-corrected chi connectivity index (χ1v) is 10.2. The fraction of sp³-hybridized carbons (Fsp3) is 0.368. The highest BCUT2D eigenvalue weighted by molar-refractivity contribution is 9.10. The standard InChI is InChI=1S/C19H21BrN2O3S/c1-12-10-22(11-13(2)25-12)19(24)15-5-3-14(4-6-15)9-21-18(23)17-16(20)7-8-26-17/h3-8,12-13H,9-11H2,1-2H3,(H,21,23). The zero-order chi connectivity index (χ0) is 18.7. The third-order valence-corrected chi connectivity index (χ3v) is 6.02. The number of thiophene rings is 1. The SMILES string of the molecule is CC1CN(C(=O)c2ccc(CNC(=O)c3sccc3Br)cc2)CC(C)O1. The number of nitrogens with one attached hydrogen (secondary N) is 1. The molecule has 1 aromatic carbocycles. The van der Waals surface area contributed by atoms with Crippen LogP contribution >= 0.6 is 27.3 Å². The van der Waals surface area contributed by atoms with Gasteiger partial charge in [-0.2, -0.15) is 0 Å². The number of hydrogen-bond acceptors (Lipinski definition) is 4. The Morgan fingerprint density at radius 3 is 2.42 bits per heavy atom. The molecule has 3 rings (SSSR count). The normalized spacial score (nSPS) is 20.0. The molecule has 1 fully saturated rings. The van der Waals surface area contributed by atoms with E-state index in [9.17, 15) is 9.59 Å². The molecule has 0 aliphatic carbocycles. The highest BCUT2D eigenvalue weighted by Crippen LogP contribution is 2.22. The summed E-state index contributed by atoms with van der Waals surface area (Å²) in [7, 11) is 0. The van der Waals surface area contributed by atoms with Crippen LogP contribution < -0.4 is 5.32 Å². The second kappa shape index (κ2) is 8.33. The van der Waals surface area contributed by atoms with E-state index in [1.54, 1.807) is 0 Å². The van der Waals surface area contributed by atoms with Crippen LogP contribution in [0, 0.1) is 0 Å². The van der Waals surface area contributed by atoms with Gasteiger partial charge in [0, 0.05) is 29.7 Å². The van der Waals surface area contributed by atoms with E-state index < -0.39 is 0 Å². The van der Waals surface area contributed by atoms with Crippen LogP contribution in [0.15, 0.2) is 40.2 Å². The Balaban J connectivity index is 1.59. The number of carbonyl (C=O) groups is 2. The molecule has 7 heteroatoms. The monoisotopic (exact) mass is 436 g/mol. The first-order chi connectivity index (χ1) is 12.4. The summed E-state index contributed by atoms with van der Waals surface area (Å²) in [6.45, 7) is 5.60. The maximum absolute atomic E-state index is 12.7. The minimum absolute atomic E-state index is 0.0186. The minimum Gasteiger partial charge on any atom is -0.372 e. The number of amides is 2. The molecule has 26 heavy (non-hydrogen) atoms. The van der Waals surface area contributed by atoms with Crippen molar-refractivity contribution in [3.8, 4) is 0 Å². The van der Waals surface area contributed by atoms with Crippen molar-refractivity contribution < 1.29 is 14.3 Å². The molecule has 2 unspecified atom stereocenters. The van der Waals surface area contributed by atoms with E-state index in [1.165, 1.54) is 11.3 Å². The molecule has 1 aliphatic heterocycles. The number of nitrogens with zero attached hydrogens (tertiary/aromatic N) is 1. The Morgan fingerprint density at radius 1 is 1.19 bits per heavy atom. The van der Waals surface area contributed by atoms with E-state index in [2.05, 4.69) is 21.2 Å². The van der Waals surface area contributed by atoms with Gasteiger partial charge >= 0.3 is 0 Å². The Bertz CT molecular complexity index is 780. The zero-order valence-electron chi connectivity index (χ0n) is 14.7. The van der Waals surface area contributed by atoms with E-state index >= 15 is 0 Å². The van der Waals surface area contributed by atoms with Crippen LogP contribution in [0.5, 0.6) is 0 Å². The highest BCUT2D eigenvalue weighted by atomic mass is 79.9. The van der Waals surface area contributed by atoms with Crippen molar-refractivity contribution in [2.24, 2.45) is 0 Å². The molecule has 1 aliphatic rings. The maximum Gasteiger partial charge on any atom is 0.262 e. The lowest BCUT2D eigenvalue weighted by Gasteiger charge is -2.35. The van der Waals surface area contributed by atoms with Gasteiger partial charge in [0.15, 0.2) is 0 Å². The smallest absolute Gasteiger partial charge is 0.262 e. The summed E-state index contributed by atoms with van der Waals surface area (Å²) in [6, 6.07) is 9.24. The first kappa shape index (κ1) is 19.1. The summed E-state index contributed by atoms with van der Waals surface area (Å²) in [5.74, 6) is -0.0894. The van der Waals surface area contributed by atoms with Crippen molar-refractivity contribution in [1.29, 1.82) is 0 Å². The lowest BCUT2D eigenvalue weighted by Crippen LogP contribution is -2.48. The molecule has 0 bridgehead atoms. The molecular formula is C19H21BrN2O3S. The largest absolute Gasteiger partial charge is 0.372 e. The van der Waals surface area contributed by atoms with E-state index in [0.717, 1.165) is 10.0 Å². The van der Waals surface area contributed by atoms with Gasteiger partial charge in [0.2, 0.25) is 0 Å². The van der Waals surface area contributed by atoms with Crippen molar-refractivity contribution in [2.45, 2.75) is 32.6 Å². The van der Waals surface area contributed by atoms with Gasteiger partial charge in [-0.25, -0.2) is 0 Å². The van der Waals surface area contributed by atoms with Crippen molar-refractivity contribution >= 4 is 39.1 Å². The number of rotatable bonds is 4. The molecule has 0 radical (unpaired) electrons. The van der Waals surface area contributed by atoms with Crippen LogP contribution in [0.3, 0.4) is 0 Å². The van der Waals surface area contributed by atoms with Gasteiger partial charge in [-0.1, -0.05) is 12.1 Å². The van der Waals surface area contributed by atoms with Crippen molar-refractivity contribution in [2.75, 3.05) is 13.1 Å². The van der Waals surface area contributed by atoms with E-state index in [-0.39, 0.29) is 24.0 Å². The van der Waals surface area contributed by atoms with E-state index in [4.69, 9.17) is 4.74 Å². The van der Waals surface area contributed by atoms with Crippen LogP contribution in [0.25, 0.3) is 0 Å². The molecule has 2 heterocycles. The van der Waals surface area contributed by atoms with Crippen molar-refractivity contribution in [3.05, 3.63) is 56.2 Å². The summed E-state index contributed by atoms with van der Waals surface area (Å²) in [6.07, 6.45) is 0.0996. The van der Waals surface area contributed by atoms with Gasteiger partial charge in [-0.05, 0) is 58.9 Å². The Labute approximate surface area is 165 Å². The van der Waals surface area contributed by atoms with Gasteiger partial charge in [-0.15, -0.1) is 11.3 Å². The molecular weight excluding hydrogens is 416 g/mol. The Kier molecular flexibility index (Phi) is 6.11. The molecule has 2 atom stereocenters. The van der Waals surface area contributed by atoms with Crippen molar-refractivity contribution in [3.63, 3.8) is 0 Å². The predicted molar refractivity (Wildman–Crippen MR) is 106 cm³/mol. The fourth-order valence-electron chi connectivity index (χ4n) is 3.01. The van der Waals surface area contributed by atoms with Crippen LogP contribution in [-0.2, 0) is 11.3 Å². The zero-order valence-corrected chi connectivity index (χ0v) is 17.1. The molecule has 1 N–H and O–H groups in total. The average molecular weight is 437 g/mol. The van der Waals surface area contributed by atoms with Crippen LogP contribution in [0.1, 0.15) is 39.4 Å². The topological polar surface area (TPSA) is 58.6 Å². The van der Waals surface area contributed by atoms with E-state index in [1.807, 2.05) is 54.5 Å². The highest BCUT2D eigenvalue weighted by Gasteiger charge is 2.26. The van der Waals surface area contributed by atoms with Gasteiger partial charge in [0.1, 0.15) is 4.88 Å². The number of carbonyl (C=O) groups excluding carboxylic acids is 2. The molecule has 1 aromatic heterocycles. The lowest BCUT2D eigenvalue weighted by molar-refractivity contribution is -0.0586. The molecule has 5 nitrogen and oxygen atoms in total. The first-order valence-electron chi connectivity index (χ1n) is 8.49. The molecule has 0 spiro atoms.